The molecule has 0 bridgehead atoms. The molecule has 1 heterocycles. The van der Waals surface area contributed by atoms with Crippen LogP contribution >= 0.6 is 0 Å². The van der Waals surface area contributed by atoms with E-state index >= 15 is 0 Å². The van der Waals surface area contributed by atoms with Gasteiger partial charge in [-0.05, 0) is 43.9 Å². The van der Waals surface area contributed by atoms with Crippen molar-refractivity contribution >= 4 is 18.3 Å². The SMILES string of the molecule is CNc1ccc(C)cc1.N/C=N\O.O=CC1NCCC1C1CCCCC1. The third kappa shape index (κ3) is 7.87. The fourth-order valence-electron chi connectivity index (χ4n) is 3.71. The summed E-state index contributed by atoms with van der Waals surface area (Å²) < 4.78 is 0. The number of carbonyl (C=O) groups excluding carboxylic acids is 1. The average molecular weight is 363 g/mol. The number of benzene rings is 1. The Kier molecular flexibility index (Phi) is 11.1. The molecule has 2 aliphatic rings. The van der Waals surface area contributed by atoms with Crippen LogP contribution in [0, 0.1) is 18.8 Å². The van der Waals surface area contributed by atoms with Gasteiger partial charge >= 0.3 is 0 Å². The van der Waals surface area contributed by atoms with Crippen LogP contribution in [0.2, 0.25) is 0 Å². The van der Waals surface area contributed by atoms with Gasteiger partial charge in [0.2, 0.25) is 0 Å². The van der Waals surface area contributed by atoms with Crippen molar-refractivity contribution in [2.75, 3.05) is 18.9 Å². The lowest BCUT2D eigenvalue weighted by Gasteiger charge is -2.29. The number of nitrogens with one attached hydrogen (secondary N) is 2. The number of nitrogens with zero attached hydrogens (tertiary/aromatic N) is 1. The van der Waals surface area contributed by atoms with Gasteiger partial charge in [-0.25, -0.2) is 0 Å². The van der Waals surface area contributed by atoms with Crippen molar-refractivity contribution in [2.24, 2.45) is 22.7 Å². The topological polar surface area (TPSA) is 99.7 Å². The van der Waals surface area contributed by atoms with E-state index in [1.807, 2.05) is 7.05 Å². The Balaban J connectivity index is 0.000000227. The van der Waals surface area contributed by atoms with Crippen molar-refractivity contribution in [3.63, 3.8) is 0 Å². The van der Waals surface area contributed by atoms with Crippen molar-refractivity contribution < 1.29 is 10.0 Å². The van der Waals surface area contributed by atoms with Crippen LogP contribution in [0.4, 0.5) is 5.69 Å². The summed E-state index contributed by atoms with van der Waals surface area (Å²) in [6.45, 7) is 3.13. The fourth-order valence-corrected chi connectivity index (χ4v) is 3.71. The van der Waals surface area contributed by atoms with Gasteiger partial charge in [0.15, 0.2) is 0 Å². The van der Waals surface area contributed by atoms with Gasteiger partial charge in [0.25, 0.3) is 0 Å². The Bertz CT molecular complexity index is 509. The van der Waals surface area contributed by atoms with E-state index in [9.17, 15) is 4.79 Å². The molecule has 1 aromatic rings. The molecule has 0 amide bonds. The number of nitrogens with two attached hydrogens (primary N) is 1. The molecule has 26 heavy (non-hydrogen) atoms. The molecule has 5 N–H and O–H groups in total. The molecule has 0 radical (unpaired) electrons. The Morgan fingerprint density at radius 1 is 1.19 bits per heavy atom. The molecule has 2 atom stereocenters. The molecule has 2 unspecified atom stereocenters. The number of hydrogen-bond acceptors (Lipinski definition) is 5. The van der Waals surface area contributed by atoms with Crippen molar-refractivity contribution in [1.29, 1.82) is 0 Å². The lowest BCUT2D eigenvalue weighted by Crippen LogP contribution is -2.33. The summed E-state index contributed by atoms with van der Waals surface area (Å²) >= 11 is 0. The highest BCUT2D eigenvalue weighted by Gasteiger charge is 2.33. The van der Waals surface area contributed by atoms with Crippen molar-refractivity contribution in [3.05, 3.63) is 29.8 Å². The first-order chi connectivity index (χ1) is 12.7. The van der Waals surface area contributed by atoms with E-state index in [2.05, 4.69) is 52.7 Å². The zero-order chi connectivity index (χ0) is 19.2. The second-order valence-electron chi connectivity index (χ2n) is 6.85. The van der Waals surface area contributed by atoms with Gasteiger partial charge in [-0.1, -0.05) is 55.0 Å². The van der Waals surface area contributed by atoms with Gasteiger partial charge in [0.1, 0.15) is 12.6 Å². The quantitative estimate of drug-likeness (QED) is 0.218. The highest BCUT2D eigenvalue weighted by Crippen LogP contribution is 2.34. The maximum Gasteiger partial charge on any atom is 0.137 e. The third-order valence-corrected chi connectivity index (χ3v) is 5.13. The summed E-state index contributed by atoms with van der Waals surface area (Å²) in [5, 5.41) is 16.0. The Labute approximate surface area is 157 Å². The van der Waals surface area contributed by atoms with Crippen LogP contribution in [0.25, 0.3) is 0 Å². The molecule has 0 aromatic heterocycles. The predicted molar refractivity (Wildman–Crippen MR) is 108 cm³/mol. The molecule has 2 fully saturated rings. The summed E-state index contributed by atoms with van der Waals surface area (Å²) in [5.74, 6) is 1.48. The average Bonchev–Trinajstić information content (AvgIpc) is 3.19. The van der Waals surface area contributed by atoms with Crippen molar-refractivity contribution in [3.8, 4) is 0 Å². The molecule has 1 aliphatic carbocycles. The standard InChI is InChI=1S/C11H19NO.C8H11N.CH4N2O/c13-8-11-10(6-7-12-11)9-4-2-1-3-5-9;1-7-3-5-8(9-2)6-4-7;2-1-3-4/h8-12H,1-7H2;3-6,9H,1-2H3;1,4H,(H2,2,3). The zero-order valence-electron chi connectivity index (χ0n) is 16.0. The lowest BCUT2D eigenvalue weighted by molar-refractivity contribution is -0.110. The molecule has 1 saturated carbocycles. The smallest absolute Gasteiger partial charge is 0.137 e. The van der Waals surface area contributed by atoms with Gasteiger partial charge in [0.05, 0.1) is 6.04 Å². The maximum absolute atomic E-state index is 10.8. The minimum Gasteiger partial charge on any atom is -0.410 e. The van der Waals surface area contributed by atoms with E-state index in [0.717, 1.165) is 25.1 Å². The maximum atomic E-state index is 10.8. The van der Waals surface area contributed by atoms with Gasteiger partial charge < -0.3 is 26.4 Å². The van der Waals surface area contributed by atoms with E-state index in [1.54, 1.807) is 0 Å². The summed E-state index contributed by atoms with van der Waals surface area (Å²) in [4.78, 5) is 10.8. The van der Waals surface area contributed by atoms with Crippen molar-refractivity contribution in [2.45, 2.75) is 51.5 Å². The first kappa shape index (κ1) is 22.0. The van der Waals surface area contributed by atoms with E-state index < -0.39 is 0 Å². The highest BCUT2D eigenvalue weighted by atomic mass is 16.4. The van der Waals surface area contributed by atoms with E-state index in [-0.39, 0.29) is 6.04 Å². The summed E-state index contributed by atoms with van der Waals surface area (Å²) in [6.07, 6.45) is 10.0. The predicted octanol–water partition coefficient (Wildman–Crippen LogP) is 3.14. The first-order valence-corrected chi connectivity index (χ1v) is 9.47. The largest absolute Gasteiger partial charge is 0.410 e. The van der Waals surface area contributed by atoms with Crippen molar-refractivity contribution in [1.82, 2.24) is 5.32 Å². The van der Waals surface area contributed by atoms with Crippen LogP contribution in [0.3, 0.4) is 0 Å². The molecule has 146 valence electrons. The van der Waals surface area contributed by atoms with Crippen LogP contribution in [-0.2, 0) is 4.79 Å². The molecular formula is C20H34N4O2. The molecule has 6 nitrogen and oxygen atoms in total. The number of aryl methyl sites for hydroxylation is 1. The second-order valence-corrected chi connectivity index (χ2v) is 6.85. The molecule has 1 aliphatic heterocycles. The Hall–Kier alpha value is -2.08. The number of hydrogen-bond donors (Lipinski definition) is 4. The van der Waals surface area contributed by atoms with Crippen LogP contribution in [0.5, 0.6) is 0 Å². The Morgan fingerprint density at radius 3 is 2.31 bits per heavy atom. The zero-order valence-corrected chi connectivity index (χ0v) is 16.0. The van der Waals surface area contributed by atoms with Crippen LogP contribution in [0.15, 0.2) is 29.4 Å². The number of anilines is 1. The number of rotatable bonds is 3. The van der Waals surface area contributed by atoms with Gasteiger partial charge in [-0.15, -0.1) is 0 Å². The van der Waals surface area contributed by atoms with E-state index in [4.69, 9.17) is 5.21 Å². The molecular weight excluding hydrogens is 328 g/mol. The minimum atomic E-state index is 0.170. The summed E-state index contributed by atoms with van der Waals surface area (Å²) in [6, 6.07) is 8.48. The molecule has 1 aromatic carbocycles. The van der Waals surface area contributed by atoms with Crippen LogP contribution < -0.4 is 16.4 Å². The van der Waals surface area contributed by atoms with E-state index in [0.29, 0.717) is 5.92 Å². The van der Waals surface area contributed by atoms with Gasteiger partial charge in [0, 0.05) is 12.7 Å². The Morgan fingerprint density at radius 2 is 1.81 bits per heavy atom. The van der Waals surface area contributed by atoms with E-state index in [1.165, 1.54) is 49.8 Å². The number of oxime groups is 1. The van der Waals surface area contributed by atoms with Crippen LogP contribution in [-0.4, -0.2) is 37.5 Å². The molecule has 6 heteroatoms. The second kappa shape index (κ2) is 13.2. The minimum absolute atomic E-state index is 0.170. The molecule has 3 rings (SSSR count). The van der Waals surface area contributed by atoms with Gasteiger partial charge in [-0.2, -0.15) is 0 Å². The normalized spacial score (nSPS) is 22.7. The fraction of sp³-hybridized carbons (Fsp3) is 0.600. The summed E-state index contributed by atoms with van der Waals surface area (Å²) in [7, 11) is 1.92. The lowest BCUT2D eigenvalue weighted by atomic mass is 9.77. The first-order valence-electron chi connectivity index (χ1n) is 9.47. The molecule has 1 saturated heterocycles. The number of aldehydes is 1. The number of carbonyl (C=O) groups is 1. The monoisotopic (exact) mass is 362 g/mol. The van der Waals surface area contributed by atoms with Crippen LogP contribution in [0.1, 0.15) is 44.1 Å². The summed E-state index contributed by atoms with van der Waals surface area (Å²) in [5.41, 5.74) is 6.95. The third-order valence-electron chi connectivity index (χ3n) is 5.13. The van der Waals surface area contributed by atoms with Gasteiger partial charge in [-0.3, -0.25) is 0 Å². The highest BCUT2D eigenvalue weighted by molar-refractivity contribution is 5.58. The molecule has 0 spiro atoms.